The first kappa shape index (κ1) is 24.5. The quantitative estimate of drug-likeness (QED) is 0.308. The summed E-state index contributed by atoms with van der Waals surface area (Å²) in [7, 11) is 0. The number of rotatable bonds is 7. The van der Waals surface area contributed by atoms with E-state index in [1.54, 1.807) is 30.3 Å². The molecule has 0 aliphatic carbocycles. The molecule has 172 valence electrons. The molecule has 0 aliphatic heterocycles. The highest BCUT2D eigenvalue weighted by molar-refractivity contribution is 9.10. The van der Waals surface area contributed by atoms with Crippen LogP contribution in [-0.2, 0) is 4.79 Å². The van der Waals surface area contributed by atoms with E-state index in [-0.39, 0.29) is 17.8 Å². The molecule has 3 rings (SSSR count). The van der Waals surface area contributed by atoms with Crippen LogP contribution in [0.25, 0.3) is 10.8 Å². The van der Waals surface area contributed by atoms with Gasteiger partial charge in [0.2, 0.25) is 0 Å². The summed E-state index contributed by atoms with van der Waals surface area (Å²) in [5.74, 6) is 0.360. The highest BCUT2D eigenvalue weighted by Crippen LogP contribution is 2.32. The molecule has 0 spiro atoms. The summed E-state index contributed by atoms with van der Waals surface area (Å²) in [4.78, 5) is 24.4. The Morgan fingerprint density at radius 2 is 1.76 bits per heavy atom. The van der Waals surface area contributed by atoms with Crippen molar-refractivity contribution in [3.05, 3.63) is 70.7 Å². The number of hydrogen-bond donors (Lipinski definition) is 3. The van der Waals surface area contributed by atoms with Crippen LogP contribution in [0, 0.1) is 0 Å². The highest BCUT2D eigenvalue weighted by atomic mass is 79.9. The molecule has 3 aromatic carbocycles. The zero-order valence-corrected chi connectivity index (χ0v) is 20.6. The number of fused-ring (bicyclic) bond motifs is 1. The summed E-state index contributed by atoms with van der Waals surface area (Å²) < 4.78 is 12.1. The molecule has 33 heavy (non-hydrogen) atoms. The van der Waals surface area contributed by atoms with Gasteiger partial charge in [-0.25, -0.2) is 0 Å². The van der Waals surface area contributed by atoms with Crippen LogP contribution < -0.4 is 25.6 Å². The van der Waals surface area contributed by atoms with Gasteiger partial charge in [-0.15, -0.1) is 0 Å². The summed E-state index contributed by atoms with van der Waals surface area (Å²) in [5.41, 5.74) is 5.30. The predicted octanol–water partition coefficient (Wildman–Crippen LogP) is 4.49. The first-order valence-electron chi connectivity index (χ1n) is 10.3. The van der Waals surface area contributed by atoms with Crippen molar-refractivity contribution in [3.8, 4) is 11.5 Å². The lowest BCUT2D eigenvalue weighted by molar-refractivity contribution is -0.123. The minimum absolute atomic E-state index is 0.0415. The van der Waals surface area contributed by atoms with Crippen LogP contribution in [0.3, 0.4) is 0 Å². The Morgan fingerprint density at radius 1 is 1.03 bits per heavy atom. The fraction of sp³-hybridized carbons (Fsp3) is 0.208. The molecular formula is C24H24BrN3O4S. The molecule has 0 aromatic heterocycles. The van der Waals surface area contributed by atoms with Gasteiger partial charge in [-0.3, -0.25) is 25.8 Å². The Hall–Kier alpha value is -3.17. The average Bonchev–Trinajstić information content (AvgIpc) is 2.82. The Labute approximate surface area is 205 Å². The van der Waals surface area contributed by atoms with Crippen molar-refractivity contribution >= 4 is 55.8 Å². The second kappa shape index (κ2) is 11.6. The Morgan fingerprint density at radius 3 is 2.48 bits per heavy atom. The monoisotopic (exact) mass is 529 g/mol. The van der Waals surface area contributed by atoms with Crippen molar-refractivity contribution in [1.82, 2.24) is 16.2 Å². The molecule has 0 bridgehead atoms. The van der Waals surface area contributed by atoms with E-state index in [4.69, 9.17) is 21.7 Å². The van der Waals surface area contributed by atoms with Crippen molar-refractivity contribution in [1.29, 1.82) is 0 Å². The van der Waals surface area contributed by atoms with Crippen LogP contribution >= 0.6 is 28.1 Å². The van der Waals surface area contributed by atoms with Gasteiger partial charge in [-0.1, -0.05) is 37.3 Å². The number of carbonyl (C=O) groups excluding carboxylic acids is 2. The number of hydrogen-bond acceptors (Lipinski definition) is 5. The van der Waals surface area contributed by atoms with E-state index in [0.717, 1.165) is 21.7 Å². The zero-order valence-electron chi connectivity index (χ0n) is 18.2. The molecule has 1 atom stereocenters. The summed E-state index contributed by atoms with van der Waals surface area (Å²) >= 11 is 8.58. The van der Waals surface area contributed by atoms with Gasteiger partial charge in [0.1, 0.15) is 11.5 Å². The zero-order chi connectivity index (χ0) is 23.8. The van der Waals surface area contributed by atoms with Gasteiger partial charge in [0.05, 0.1) is 10.6 Å². The molecule has 3 aromatic rings. The maximum atomic E-state index is 12.3. The number of halogens is 1. The van der Waals surface area contributed by atoms with E-state index >= 15 is 0 Å². The van der Waals surface area contributed by atoms with E-state index in [0.29, 0.717) is 17.1 Å². The third-order valence-electron chi connectivity index (χ3n) is 4.76. The smallest absolute Gasteiger partial charge is 0.276 e. The van der Waals surface area contributed by atoms with Crippen LogP contribution in [-0.4, -0.2) is 29.6 Å². The summed E-state index contributed by atoms with van der Waals surface area (Å²) in [6.07, 6.45) is 0.981. The number of carbonyl (C=O) groups is 2. The normalized spacial score (nSPS) is 11.4. The largest absolute Gasteiger partial charge is 0.491 e. The lowest BCUT2D eigenvalue weighted by Gasteiger charge is -2.14. The van der Waals surface area contributed by atoms with Gasteiger partial charge in [0.15, 0.2) is 11.7 Å². The second-order valence-electron chi connectivity index (χ2n) is 7.21. The van der Waals surface area contributed by atoms with Crippen molar-refractivity contribution in [2.24, 2.45) is 0 Å². The topological polar surface area (TPSA) is 88.7 Å². The summed E-state index contributed by atoms with van der Waals surface area (Å²) in [6, 6.07) is 18.3. The lowest BCUT2D eigenvalue weighted by atomic mass is 10.1. The molecule has 0 fully saturated rings. The molecule has 0 saturated heterocycles. The Kier molecular flexibility index (Phi) is 8.62. The average molecular weight is 530 g/mol. The molecular weight excluding hydrogens is 506 g/mol. The number of benzene rings is 3. The molecule has 3 N–H and O–H groups in total. The maximum absolute atomic E-state index is 12.3. The van der Waals surface area contributed by atoms with Gasteiger partial charge in [0, 0.05) is 5.56 Å². The first-order chi connectivity index (χ1) is 15.9. The van der Waals surface area contributed by atoms with Crippen molar-refractivity contribution in [2.45, 2.75) is 26.4 Å². The van der Waals surface area contributed by atoms with Gasteiger partial charge in [0.25, 0.3) is 11.8 Å². The molecule has 2 amide bonds. The first-order valence-corrected chi connectivity index (χ1v) is 11.5. The summed E-state index contributed by atoms with van der Waals surface area (Å²) in [5, 5.41) is 4.50. The van der Waals surface area contributed by atoms with Gasteiger partial charge in [-0.05, 0) is 82.6 Å². The van der Waals surface area contributed by atoms with Gasteiger partial charge < -0.3 is 9.47 Å². The fourth-order valence-corrected chi connectivity index (χ4v) is 3.59. The molecule has 1 unspecified atom stereocenters. The number of hydrazine groups is 1. The number of ether oxygens (including phenoxy) is 2. The number of thiocarbonyl (C=S) groups is 1. The van der Waals surface area contributed by atoms with Crippen LogP contribution in [0.4, 0.5) is 0 Å². The van der Waals surface area contributed by atoms with Crippen LogP contribution in [0.15, 0.2) is 65.1 Å². The van der Waals surface area contributed by atoms with Crippen molar-refractivity contribution < 1.29 is 19.1 Å². The minimum atomic E-state index is -0.460. The molecule has 0 heterocycles. The van der Waals surface area contributed by atoms with Crippen LogP contribution in [0.5, 0.6) is 11.5 Å². The van der Waals surface area contributed by atoms with E-state index in [1.165, 1.54) is 0 Å². The molecule has 0 aliphatic rings. The second-order valence-corrected chi connectivity index (χ2v) is 8.41. The molecule has 0 saturated carbocycles. The molecule has 7 nitrogen and oxygen atoms in total. The summed E-state index contributed by atoms with van der Waals surface area (Å²) in [6.45, 7) is 3.77. The fourth-order valence-electron chi connectivity index (χ4n) is 2.84. The van der Waals surface area contributed by atoms with Crippen molar-refractivity contribution in [2.75, 3.05) is 6.61 Å². The Balaban J connectivity index is 1.44. The van der Waals surface area contributed by atoms with Crippen LogP contribution in [0.1, 0.15) is 30.6 Å². The maximum Gasteiger partial charge on any atom is 0.276 e. The van der Waals surface area contributed by atoms with E-state index in [1.807, 2.05) is 44.2 Å². The van der Waals surface area contributed by atoms with Gasteiger partial charge in [-0.2, -0.15) is 0 Å². The predicted molar refractivity (Wildman–Crippen MR) is 135 cm³/mol. The third-order valence-corrected chi connectivity index (χ3v) is 5.78. The standard InChI is InChI=1S/C24H24BrN3O4S/c1-3-15(2)32-18-11-8-17(9-12-18)23(30)26-24(33)28-27-21(29)14-31-20-13-10-16-6-4-5-7-19(16)22(20)25/h4-13,15H,3,14H2,1-2H3,(H,27,29)(H2,26,28,30,33). The number of amides is 2. The highest BCUT2D eigenvalue weighted by Gasteiger charge is 2.11. The molecule has 0 radical (unpaired) electrons. The SMILES string of the molecule is CCC(C)Oc1ccc(C(=O)NC(=S)NNC(=O)COc2ccc3ccccc3c2Br)cc1. The van der Waals surface area contributed by atoms with E-state index in [2.05, 4.69) is 32.1 Å². The third kappa shape index (κ3) is 6.90. The number of nitrogens with one attached hydrogen (secondary N) is 3. The Bertz CT molecular complexity index is 1150. The molecule has 9 heteroatoms. The minimum Gasteiger partial charge on any atom is -0.491 e. The van der Waals surface area contributed by atoms with E-state index in [9.17, 15) is 9.59 Å². The van der Waals surface area contributed by atoms with Gasteiger partial charge >= 0.3 is 0 Å². The van der Waals surface area contributed by atoms with Crippen molar-refractivity contribution in [3.63, 3.8) is 0 Å². The lowest BCUT2D eigenvalue weighted by Crippen LogP contribution is -2.49. The van der Waals surface area contributed by atoms with E-state index < -0.39 is 11.8 Å². The van der Waals surface area contributed by atoms with Crippen LogP contribution in [0.2, 0.25) is 0 Å².